The van der Waals surface area contributed by atoms with Crippen molar-refractivity contribution in [2.24, 2.45) is 0 Å². The minimum absolute atomic E-state index is 0. The molecular formula is C25H50N2O8. The van der Waals surface area contributed by atoms with Crippen LogP contribution in [0.5, 0.6) is 0 Å². The lowest BCUT2D eigenvalue weighted by atomic mass is 10.1. The van der Waals surface area contributed by atoms with Gasteiger partial charge in [0, 0.05) is 14.2 Å². The van der Waals surface area contributed by atoms with Crippen molar-refractivity contribution < 1.29 is 38.7 Å². The molecule has 10 nitrogen and oxygen atoms in total. The van der Waals surface area contributed by atoms with E-state index in [4.69, 9.17) is 18.9 Å². The number of methoxy groups -OCH3 is 2. The third kappa shape index (κ3) is 13.9. The van der Waals surface area contributed by atoms with Gasteiger partial charge in [0.05, 0.1) is 50.6 Å². The Morgan fingerprint density at radius 2 is 0.971 bits per heavy atom. The van der Waals surface area contributed by atoms with E-state index in [2.05, 4.69) is 0 Å². The number of carbonyl (C=O) groups is 2. The minimum Gasteiger partial charge on any atom is -0.444 e. The normalized spacial score (nSPS) is 25.8. The van der Waals surface area contributed by atoms with E-state index in [1.54, 1.807) is 14.2 Å². The Balaban J connectivity index is 0.000000642. The van der Waals surface area contributed by atoms with Gasteiger partial charge in [-0.1, -0.05) is 7.43 Å². The SMILES string of the molecule is C.COC1CCC(O)CN(C(=O)OC(C)(C)C)C1.COC1CCC(O)CN(C(=O)OC(C)(C)C)C1. The Bertz CT molecular complexity index is 578. The second-order valence-corrected chi connectivity index (χ2v) is 10.9. The van der Waals surface area contributed by atoms with Gasteiger partial charge in [-0.05, 0) is 67.2 Å². The van der Waals surface area contributed by atoms with E-state index in [9.17, 15) is 19.8 Å². The number of rotatable bonds is 2. The van der Waals surface area contributed by atoms with Crippen LogP contribution < -0.4 is 0 Å². The molecule has 0 saturated carbocycles. The van der Waals surface area contributed by atoms with Crippen LogP contribution in [0.1, 0.15) is 74.7 Å². The molecule has 4 unspecified atom stereocenters. The molecule has 0 spiro atoms. The summed E-state index contributed by atoms with van der Waals surface area (Å²) in [4.78, 5) is 26.9. The van der Waals surface area contributed by atoms with Crippen LogP contribution in [-0.2, 0) is 18.9 Å². The average Bonchev–Trinajstić information content (AvgIpc) is 3.01. The fourth-order valence-corrected chi connectivity index (χ4v) is 3.61. The molecule has 0 aromatic rings. The summed E-state index contributed by atoms with van der Waals surface area (Å²) in [6.07, 6.45) is 0.995. The summed E-state index contributed by atoms with van der Waals surface area (Å²) in [5.41, 5.74) is -1.03. The molecule has 0 radical (unpaired) electrons. The van der Waals surface area contributed by atoms with Crippen LogP contribution in [0.25, 0.3) is 0 Å². The van der Waals surface area contributed by atoms with Crippen LogP contribution in [0.4, 0.5) is 9.59 Å². The maximum absolute atomic E-state index is 11.9. The van der Waals surface area contributed by atoms with Gasteiger partial charge in [-0.15, -0.1) is 0 Å². The molecule has 10 heteroatoms. The Kier molecular flexibility index (Phi) is 14.1. The number of amides is 2. The Hall–Kier alpha value is -1.62. The molecule has 4 atom stereocenters. The van der Waals surface area contributed by atoms with Crippen molar-refractivity contribution in [3.63, 3.8) is 0 Å². The number of β-amino-alcohol motifs (C(OH)–C–C–N with tert-alkyl or cyclic N) is 2. The van der Waals surface area contributed by atoms with E-state index in [1.165, 1.54) is 9.80 Å². The number of aliphatic hydroxyl groups excluding tert-OH is 2. The van der Waals surface area contributed by atoms with Gasteiger partial charge in [-0.3, -0.25) is 0 Å². The molecule has 2 rings (SSSR count). The Morgan fingerprint density at radius 1 is 0.657 bits per heavy atom. The van der Waals surface area contributed by atoms with Crippen molar-refractivity contribution >= 4 is 12.2 Å². The Morgan fingerprint density at radius 3 is 1.23 bits per heavy atom. The van der Waals surface area contributed by atoms with Gasteiger partial charge in [0.15, 0.2) is 0 Å². The van der Waals surface area contributed by atoms with Crippen LogP contribution in [-0.4, -0.2) is 108 Å². The first-order valence-corrected chi connectivity index (χ1v) is 12.0. The molecule has 2 heterocycles. The van der Waals surface area contributed by atoms with Crippen molar-refractivity contribution in [2.75, 3.05) is 40.4 Å². The van der Waals surface area contributed by atoms with Crippen molar-refractivity contribution in [3.8, 4) is 0 Å². The summed E-state index contributed by atoms with van der Waals surface area (Å²) in [5, 5.41) is 19.4. The number of ether oxygens (including phenoxy) is 4. The van der Waals surface area contributed by atoms with Crippen molar-refractivity contribution in [2.45, 2.75) is 110 Å². The second-order valence-electron chi connectivity index (χ2n) is 10.9. The number of hydrogen-bond donors (Lipinski definition) is 2. The first-order chi connectivity index (χ1) is 15.6. The first kappa shape index (κ1) is 33.4. The molecule has 0 aliphatic carbocycles. The lowest BCUT2D eigenvalue weighted by Crippen LogP contribution is -2.42. The molecule has 0 aromatic carbocycles. The Labute approximate surface area is 211 Å². The van der Waals surface area contributed by atoms with Crippen LogP contribution in [0.2, 0.25) is 0 Å². The maximum Gasteiger partial charge on any atom is 0.410 e. The molecule has 2 N–H and O–H groups in total. The number of carbonyl (C=O) groups excluding carboxylic acids is 2. The largest absolute Gasteiger partial charge is 0.444 e. The summed E-state index contributed by atoms with van der Waals surface area (Å²) in [6, 6.07) is 0. The smallest absolute Gasteiger partial charge is 0.410 e. The van der Waals surface area contributed by atoms with Crippen LogP contribution in [0.3, 0.4) is 0 Å². The molecular weight excluding hydrogens is 456 g/mol. The lowest BCUT2D eigenvalue weighted by molar-refractivity contribution is 0.00644. The lowest BCUT2D eigenvalue weighted by Gasteiger charge is -2.28. The van der Waals surface area contributed by atoms with Crippen molar-refractivity contribution in [1.82, 2.24) is 9.80 Å². The monoisotopic (exact) mass is 506 g/mol. The number of likely N-dealkylation sites (tertiary alicyclic amines) is 2. The van der Waals surface area contributed by atoms with Gasteiger partial charge in [0.25, 0.3) is 0 Å². The van der Waals surface area contributed by atoms with E-state index in [0.29, 0.717) is 39.0 Å². The third-order valence-electron chi connectivity index (χ3n) is 5.32. The molecule has 0 bridgehead atoms. The van der Waals surface area contributed by atoms with Crippen molar-refractivity contribution in [3.05, 3.63) is 0 Å². The van der Waals surface area contributed by atoms with Gasteiger partial charge < -0.3 is 39.0 Å². The van der Waals surface area contributed by atoms with E-state index >= 15 is 0 Å². The van der Waals surface area contributed by atoms with Crippen LogP contribution in [0.15, 0.2) is 0 Å². The highest BCUT2D eigenvalue weighted by Gasteiger charge is 2.30. The quantitative estimate of drug-likeness (QED) is 0.585. The first-order valence-electron chi connectivity index (χ1n) is 12.0. The fourth-order valence-electron chi connectivity index (χ4n) is 3.61. The number of aliphatic hydroxyl groups is 2. The van der Waals surface area contributed by atoms with Crippen LogP contribution >= 0.6 is 0 Å². The average molecular weight is 507 g/mol. The zero-order valence-corrected chi connectivity index (χ0v) is 22.2. The molecule has 0 aromatic heterocycles. The zero-order chi connectivity index (χ0) is 26.1. The third-order valence-corrected chi connectivity index (χ3v) is 5.32. The predicted octanol–water partition coefficient (Wildman–Crippen LogP) is 3.42. The fraction of sp³-hybridized carbons (Fsp3) is 0.920. The van der Waals surface area contributed by atoms with Crippen LogP contribution in [0, 0.1) is 0 Å². The highest BCUT2D eigenvalue weighted by atomic mass is 16.6. The molecule has 208 valence electrons. The summed E-state index contributed by atoms with van der Waals surface area (Å²) in [6.45, 7) is 12.5. The van der Waals surface area contributed by atoms with E-state index in [0.717, 1.165) is 12.8 Å². The summed E-state index contributed by atoms with van der Waals surface area (Å²) in [7, 11) is 3.24. The highest BCUT2D eigenvalue weighted by Crippen LogP contribution is 2.18. The molecule has 35 heavy (non-hydrogen) atoms. The molecule has 2 amide bonds. The van der Waals surface area contributed by atoms with Gasteiger partial charge in [0.2, 0.25) is 0 Å². The maximum atomic E-state index is 11.9. The van der Waals surface area contributed by atoms with E-state index < -0.39 is 23.4 Å². The number of hydrogen-bond acceptors (Lipinski definition) is 8. The highest BCUT2D eigenvalue weighted by molar-refractivity contribution is 5.68. The summed E-state index contributed by atoms with van der Waals surface area (Å²) < 4.78 is 21.1. The predicted molar refractivity (Wildman–Crippen MR) is 134 cm³/mol. The van der Waals surface area contributed by atoms with Gasteiger partial charge >= 0.3 is 12.2 Å². The topological polar surface area (TPSA) is 118 Å². The van der Waals surface area contributed by atoms with Gasteiger partial charge in [-0.2, -0.15) is 0 Å². The van der Waals surface area contributed by atoms with E-state index in [-0.39, 0.29) is 31.8 Å². The number of nitrogens with zero attached hydrogens (tertiary/aromatic N) is 2. The minimum atomic E-state index is -0.517. The molecule has 2 fully saturated rings. The molecule has 2 aliphatic rings. The summed E-state index contributed by atoms with van der Waals surface area (Å²) in [5.74, 6) is 0. The van der Waals surface area contributed by atoms with Gasteiger partial charge in [-0.25, -0.2) is 9.59 Å². The second kappa shape index (κ2) is 14.8. The zero-order valence-electron chi connectivity index (χ0n) is 22.2. The standard InChI is InChI=1S/2C12H23NO4.CH4/c2*1-12(2,3)17-11(15)13-7-9(14)5-6-10(8-13)16-4;/h2*9-10,14H,5-8H2,1-4H3;1H4. The van der Waals surface area contributed by atoms with Gasteiger partial charge in [0.1, 0.15) is 11.2 Å². The van der Waals surface area contributed by atoms with Crippen molar-refractivity contribution in [1.29, 1.82) is 0 Å². The summed E-state index contributed by atoms with van der Waals surface area (Å²) >= 11 is 0. The molecule has 2 saturated heterocycles. The molecule has 2 aliphatic heterocycles. The van der Waals surface area contributed by atoms with E-state index in [1.807, 2.05) is 41.5 Å².